The van der Waals surface area contributed by atoms with E-state index in [9.17, 15) is 10.2 Å². The zero-order valence-corrected chi connectivity index (χ0v) is 13.4. The van der Waals surface area contributed by atoms with E-state index in [0.29, 0.717) is 12.3 Å². The van der Waals surface area contributed by atoms with E-state index in [2.05, 4.69) is 4.90 Å². The van der Waals surface area contributed by atoms with Crippen molar-refractivity contribution in [3.63, 3.8) is 0 Å². The fourth-order valence-corrected chi connectivity index (χ4v) is 3.01. The molecule has 0 spiro atoms. The first-order chi connectivity index (χ1) is 11.1. The van der Waals surface area contributed by atoms with Gasteiger partial charge in [-0.3, -0.25) is 4.90 Å². The van der Waals surface area contributed by atoms with Gasteiger partial charge in [-0.1, -0.05) is 24.3 Å². The molecule has 3 rings (SSSR count). The van der Waals surface area contributed by atoms with Gasteiger partial charge < -0.3 is 14.9 Å². The molecule has 2 N–H and O–H groups in total. The first-order valence-corrected chi connectivity index (χ1v) is 8.01. The molecule has 0 radical (unpaired) electrons. The highest BCUT2D eigenvalue weighted by atomic mass is 16.5. The number of nitrogens with zero attached hydrogens (tertiary/aromatic N) is 1. The number of para-hydroxylation sites is 1. The molecule has 0 aliphatic carbocycles. The number of β-amino-alcohol motifs (C(OH)–C–C–N with tert-alkyl or cyclic N) is 1. The Morgan fingerprint density at radius 2 is 2.00 bits per heavy atom. The Labute approximate surface area is 136 Å². The van der Waals surface area contributed by atoms with Crippen LogP contribution in [0.3, 0.4) is 0 Å². The number of aromatic hydroxyl groups is 1. The molecule has 0 saturated heterocycles. The first kappa shape index (κ1) is 15.8. The smallest absolute Gasteiger partial charge is 0.122 e. The lowest BCUT2D eigenvalue weighted by atomic mass is 9.99. The van der Waals surface area contributed by atoms with Crippen molar-refractivity contribution in [3.05, 3.63) is 59.2 Å². The van der Waals surface area contributed by atoms with Crippen LogP contribution in [0, 0.1) is 6.92 Å². The van der Waals surface area contributed by atoms with Crippen molar-refractivity contribution in [2.24, 2.45) is 0 Å². The molecule has 4 nitrogen and oxygen atoms in total. The van der Waals surface area contributed by atoms with E-state index in [1.165, 1.54) is 5.56 Å². The predicted molar refractivity (Wildman–Crippen MR) is 89.8 cm³/mol. The molecule has 1 heterocycles. The van der Waals surface area contributed by atoms with Crippen LogP contribution in [0.1, 0.15) is 16.7 Å². The van der Waals surface area contributed by atoms with Crippen molar-refractivity contribution < 1.29 is 14.9 Å². The maximum Gasteiger partial charge on any atom is 0.122 e. The SMILES string of the molecule is Cc1ccccc1OCC(O)CN1CCc2ccc(O)cc2C1. The second kappa shape index (κ2) is 7.02. The lowest BCUT2D eigenvalue weighted by molar-refractivity contribution is 0.0635. The highest BCUT2D eigenvalue weighted by molar-refractivity contribution is 5.36. The Hall–Kier alpha value is -2.04. The van der Waals surface area contributed by atoms with Crippen molar-refractivity contribution in [2.45, 2.75) is 26.0 Å². The van der Waals surface area contributed by atoms with Gasteiger partial charge in [0.15, 0.2) is 0 Å². The van der Waals surface area contributed by atoms with Gasteiger partial charge in [-0.05, 0) is 48.2 Å². The van der Waals surface area contributed by atoms with Crippen LogP contribution in [0.2, 0.25) is 0 Å². The van der Waals surface area contributed by atoms with E-state index in [0.717, 1.165) is 36.4 Å². The number of ether oxygens (including phenoxy) is 1. The zero-order valence-electron chi connectivity index (χ0n) is 13.4. The van der Waals surface area contributed by atoms with E-state index in [1.807, 2.05) is 43.3 Å². The van der Waals surface area contributed by atoms with Crippen LogP contribution in [0.15, 0.2) is 42.5 Å². The van der Waals surface area contributed by atoms with Gasteiger partial charge in [0, 0.05) is 19.6 Å². The molecule has 23 heavy (non-hydrogen) atoms. The molecule has 1 atom stereocenters. The largest absolute Gasteiger partial charge is 0.508 e. The Balaban J connectivity index is 1.53. The summed E-state index contributed by atoms with van der Waals surface area (Å²) < 4.78 is 5.71. The van der Waals surface area contributed by atoms with Crippen molar-refractivity contribution in [3.8, 4) is 11.5 Å². The van der Waals surface area contributed by atoms with Gasteiger partial charge in [-0.15, -0.1) is 0 Å². The number of hydrogen-bond acceptors (Lipinski definition) is 4. The normalized spacial score (nSPS) is 15.9. The number of phenols is 1. The van der Waals surface area contributed by atoms with Gasteiger partial charge in [0.2, 0.25) is 0 Å². The molecular formula is C19H23NO3. The van der Waals surface area contributed by atoms with Crippen molar-refractivity contribution in [2.75, 3.05) is 19.7 Å². The fraction of sp³-hybridized carbons (Fsp3) is 0.368. The van der Waals surface area contributed by atoms with Gasteiger partial charge >= 0.3 is 0 Å². The van der Waals surface area contributed by atoms with Crippen molar-refractivity contribution >= 4 is 0 Å². The molecule has 2 aromatic rings. The fourth-order valence-electron chi connectivity index (χ4n) is 3.01. The monoisotopic (exact) mass is 313 g/mol. The van der Waals surface area contributed by atoms with Crippen LogP contribution < -0.4 is 4.74 Å². The summed E-state index contributed by atoms with van der Waals surface area (Å²) in [4.78, 5) is 2.20. The Bertz CT molecular complexity index is 671. The maximum absolute atomic E-state index is 10.2. The van der Waals surface area contributed by atoms with Crippen LogP contribution in [-0.2, 0) is 13.0 Å². The molecule has 0 amide bonds. The topological polar surface area (TPSA) is 52.9 Å². The van der Waals surface area contributed by atoms with Gasteiger partial charge in [0.05, 0.1) is 0 Å². The van der Waals surface area contributed by atoms with Crippen LogP contribution in [0.4, 0.5) is 0 Å². The molecule has 1 aliphatic heterocycles. The number of hydrogen-bond donors (Lipinski definition) is 2. The third-order valence-electron chi connectivity index (χ3n) is 4.27. The van der Waals surface area contributed by atoms with E-state index >= 15 is 0 Å². The van der Waals surface area contributed by atoms with Crippen molar-refractivity contribution in [1.29, 1.82) is 0 Å². The minimum Gasteiger partial charge on any atom is -0.508 e. The summed E-state index contributed by atoms with van der Waals surface area (Å²) in [5.74, 6) is 1.12. The predicted octanol–water partition coefficient (Wildman–Crippen LogP) is 2.50. The number of rotatable bonds is 5. The summed E-state index contributed by atoms with van der Waals surface area (Å²) in [6, 6.07) is 13.4. The summed E-state index contributed by atoms with van der Waals surface area (Å²) in [6.45, 7) is 4.52. The third-order valence-corrected chi connectivity index (χ3v) is 4.27. The Morgan fingerprint density at radius 1 is 1.17 bits per heavy atom. The van der Waals surface area contributed by atoms with Crippen LogP contribution in [-0.4, -0.2) is 40.9 Å². The summed E-state index contributed by atoms with van der Waals surface area (Å²) in [7, 11) is 0. The lowest BCUT2D eigenvalue weighted by Crippen LogP contribution is -2.38. The van der Waals surface area contributed by atoms with Gasteiger partial charge in [0.25, 0.3) is 0 Å². The molecule has 0 fully saturated rings. The second-order valence-corrected chi connectivity index (χ2v) is 6.17. The molecule has 122 valence electrons. The average Bonchev–Trinajstić information content (AvgIpc) is 2.54. The molecule has 1 unspecified atom stereocenters. The minimum atomic E-state index is -0.534. The number of fused-ring (bicyclic) bond motifs is 1. The highest BCUT2D eigenvalue weighted by Gasteiger charge is 2.19. The quantitative estimate of drug-likeness (QED) is 0.890. The van der Waals surface area contributed by atoms with E-state index in [1.54, 1.807) is 6.07 Å². The molecular weight excluding hydrogens is 290 g/mol. The summed E-state index contributed by atoms with van der Waals surface area (Å²) >= 11 is 0. The first-order valence-electron chi connectivity index (χ1n) is 8.01. The summed E-state index contributed by atoms with van der Waals surface area (Å²) in [5.41, 5.74) is 3.50. The van der Waals surface area contributed by atoms with Gasteiger partial charge in [0.1, 0.15) is 24.2 Å². The molecule has 2 aromatic carbocycles. The Kier molecular flexibility index (Phi) is 4.84. The number of aryl methyl sites for hydroxylation is 1. The standard InChI is InChI=1S/C19H23NO3/c1-14-4-2-3-5-19(14)23-13-18(22)12-20-9-8-15-6-7-17(21)10-16(15)11-20/h2-7,10,18,21-22H,8-9,11-13H2,1H3. The van der Waals surface area contributed by atoms with Gasteiger partial charge in [-0.25, -0.2) is 0 Å². The maximum atomic E-state index is 10.2. The molecule has 0 aromatic heterocycles. The third kappa shape index (κ3) is 4.03. The van der Waals surface area contributed by atoms with E-state index < -0.39 is 6.10 Å². The van der Waals surface area contributed by atoms with Gasteiger partial charge in [-0.2, -0.15) is 0 Å². The molecule has 0 saturated carbocycles. The number of phenolic OH excluding ortho intramolecular Hbond substituents is 1. The number of benzene rings is 2. The summed E-state index contributed by atoms with van der Waals surface area (Å²) in [6.07, 6.45) is 0.412. The molecule has 4 heteroatoms. The van der Waals surface area contributed by atoms with Crippen LogP contribution in [0.25, 0.3) is 0 Å². The number of aliphatic hydroxyl groups excluding tert-OH is 1. The number of aliphatic hydroxyl groups is 1. The molecule has 1 aliphatic rings. The van der Waals surface area contributed by atoms with Crippen LogP contribution >= 0.6 is 0 Å². The van der Waals surface area contributed by atoms with E-state index in [-0.39, 0.29) is 6.61 Å². The average molecular weight is 313 g/mol. The molecule has 0 bridgehead atoms. The van der Waals surface area contributed by atoms with Crippen LogP contribution in [0.5, 0.6) is 11.5 Å². The lowest BCUT2D eigenvalue weighted by Gasteiger charge is -2.30. The Morgan fingerprint density at radius 3 is 2.83 bits per heavy atom. The second-order valence-electron chi connectivity index (χ2n) is 6.17. The van der Waals surface area contributed by atoms with E-state index in [4.69, 9.17) is 4.74 Å². The highest BCUT2D eigenvalue weighted by Crippen LogP contribution is 2.23. The minimum absolute atomic E-state index is 0.286. The van der Waals surface area contributed by atoms with Crippen molar-refractivity contribution in [1.82, 2.24) is 4.90 Å². The summed E-state index contributed by atoms with van der Waals surface area (Å²) in [5, 5.41) is 19.8. The zero-order chi connectivity index (χ0) is 16.2.